The highest BCUT2D eigenvalue weighted by Gasteiger charge is 2.59. The van der Waals surface area contributed by atoms with E-state index in [0.29, 0.717) is 22.6 Å². The van der Waals surface area contributed by atoms with Crippen molar-refractivity contribution in [2.45, 2.75) is 59.5 Å². The summed E-state index contributed by atoms with van der Waals surface area (Å²) >= 11 is 0. The lowest BCUT2D eigenvalue weighted by Gasteiger charge is -2.32. The summed E-state index contributed by atoms with van der Waals surface area (Å²) < 4.78 is 0.776. The van der Waals surface area contributed by atoms with Crippen molar-refractivity contribution in [3.8, 4) is 0 Å². The highest BCUT2D eigenvalue weighted by atomic mass is 16.5. The molecule has 1 aliphatic heterocycles. The molecule has 1 aromatic carbocycles. The number of Topliss-reactive ketones (excluding diaryl/α,β-unsaturated/α-hetero) is 1. The molecule has 0 spiro atoms. The number of hydroxylamine groups is 3. The third-order valence-electron chi connectivity index (χ3n) is 6.23. The number of allylic oxidation sites excluding steroid dienone is 3. The molecule has 1 heterocycles. The van der Waals surface area contributed by atoms with E-state index >= 15 is 0 Å². The number of hydrogen-bond acceptors (Lipinski definition) is 4. The highest BCUT2D eigenvalue weighted by Crippen LogP contribution is 2.39. The van der Waals surface area contributed by atoms with Crippen LogP contribution in [0.1, 0.15) is 59.6 Å². The van der Waals surface area contributed by atoms with Gasteiger partial charge in [-0.2, -0.15) is 0 Å². The molecule has 29 heavy (non-hydrogen) atoms. The van der Waals surface area contributed by atoms with E-state index in [9.17, 15) is 20.3 Å². The molecule has 0 bridgehead atoms. The van der Waals surface area contributed by atoms with Crippen molar-refractivity contribution in [3.05, 3.63) is 70.0 Å². The van der Waals surface area contributed by atoms with Gasteiger partial charge < -0.3 is 10.3 Å². The van der Waals surface area contributed by atoms with Gasteiger partial charge in [-0.05, 0) is 56.9 Å². The van der Waals surface area contributed by atoms with Gasteiger partial charge in [-0.1, -0.05) is 44.0 Å². The molecule has 1 aromatic rings. The molecular formula is C23H28N2O4. The van der Waals surface area contributed by atoms with Crippen LogP contribution in [0.25, 0.3) is 0 Å². The first-order valence-corrected chi connectivity index (χ1v) is 9.66. The van der Waals surface area contributed by atoms with Crippen molar-refractivity contribution in [2.75, 3.05) is 0 Å². The Morgan fingerprint density at radius 2 is 1.66 bits per heavy atom. The van der Waals surface area contributed by atoms with Gasteiger partial charge in [0.15, 0.2) is 11.3 Å². The summed E-state index contributed by atoms with van der Waals surface area (Å²) in [6.07, 6.45) is 3.19. The zero-order chi connectivity index (χ0) is 21.9. The fourth-order valence-electron chi connectivity index (χ4n) is 3.52. The van der Waals surface area contributed by atoms with E-state index in [1.807, 2.05) is 26.8 Å². The maximum atomic E-state index is 12.9. The average molecular weight is 396 g/mol. The summed E-state index contributed by atoms with van der Waals surface area (Å²) in [6.45, 7) is 12.7. The molecule has 0 amide bonds. The Morgan fingerprint density at radius 3 is 2.17 bits per heavy atom. The third kappa shape index (κ3) is 3.15. The monoisotopic (exact) mass is 396 g/mol. The number of aliphatic hydroxyl groups is 1. The lowest BCUT2D eigenvalue weighted by atomic mass is 9.77. The van der Waals surface area contributed by atoms with Crippen LogP contribution in [0.5, 0.6) is 0 Å². The number of ketones is 1. The predicted molar refractivity (Wildman–Crippen MR) is 110 cm³/mol. The van der Waals surface area contributed by atoms with Crippen LogP contribution in [-0.2, 0) is 10.0 Å². The Bertz CT molecular complexity index is 961. The topological polar surface area (TPSA) is 86.5 Å². The van der Waals surface area contributed by atoms with Crippen LogP contribution in [-0.4, -0.2) is 37.6 Å². The summed E-state index contributed by atoms with van der Waals surface area (Å²) in [5.41, 5.74) is -0.531. The summed E-state index contributed by atoms with van der Waals surface area (Å²) in [4.78, 5) is 12.4. The molecule has 2 radical (unpaired) electrons. The Balaban J connectivity index is 2.09. The van der Waals surface area contributed by atoms with Crippen molar-refractivity contribution >= 4 is 11.6 Å². The maximum Gasteiger partial charge on any atom is 0.316 e. The molecule has 0 aromatic heterocycles. The Morgan fingerprint density at radius 1 is 1.07 bits per heavy atom. The third-order valence-corrected chi connectivity index (χ3v) is 6.23. The zero-order valence-corrected chi connectivity index (χ0v) is 18.0. The summed E-state index contributed by atoms with van der Waals surface area (Å²) in [6, 6.07) is 7.05. The maximum absolute atomic E-state index is 12.9. The molecule has 1 aliphatic carbocycles. The first-order valence-electron chi connectivity index (χ1n) is 9.66. The number of nitrogens with zero attached hydrogens (tertiary/aromatic N) is 2. The molecule has 0 unspecified atom stereocenters. The second-order valence-corrected chi connectivity index (χ2v) is 9.73. The number of carbonyl (C=O) groups is 1. The first-order chi connectivity index (χ1) is 13.2. The number of carbonyl (C=O) groups excluding carboxylic acids is 1. The fourth-order valence-corrected chi connectivity index (χ4v) is 3.52. The molecule has 154 valence electrons. The molecule has 1 N–H and O–H groups in total. The van der Waals surface area contributed by atoms with Crippen LogP contribution in [0, 0.1) is 16.5 Å². The van der Waals surface area contributed by atoms with E-state index < -0.39 is 16.5 Å². The normalized spacial score (nSPS) is 22.1. The number of hydrogen-bond donors (Lipinski definition) is 1. The van der Waals surface area contributed by atoms with E-state index in [0.717, 1.165) is 9.80 Å². The molecular weight excluding hydrogens is 368 g/mol. The Hall–Kier alpha value is -2.60. The lowest BCUT2D eigenvalue weighted by Crippen LogP contribution is -2.53. The van der Waals surface area contributed by atoms with E-state index in [1.54, 1.807) is 52.0 Å². The zero-order valence-electron chi connectivity index (χ0n) is 18.0. The van der Waals surface area contributed by atoms with Crippen molar-refractivity contribution in [1.29, 1.82) is 0 Å². The van der Waals surface area contributed by atoms with Crippen molar-refractivity contribution in [2.24, 2.45) is 5.41 Å². The SMILES string of the molecule is CC(C)(C)C1=C[C](c2cccc(C3=[N+]([O-])C(C)(C)C(C)(C)N3[O])c2)C=C(O)C1=O. The number of aliphatic hydroxyl groups excluding tert-OH is 1. The molecule has 0 saturated carbocycles. The van der Waals surface area contributed by atoms with Crippen LogP contribution in [0.4, 0.5) is 0 Å². The van der Waals surface area contributed by atoms with Gasteiger partial charge in [-0.3, -0.25) is 9.53 Å². The highest BCUT2D eigenvalue weighted by molar-refractivity contribution is 6.09. The van der Waals surface area contributed by atoms with Gasteiger partial charge in [-0.25, -0.2) is 0 Å². The van der Waals surface area contributed by atoms with Crippen molar-refractivity contribution in [1.82, 2.24) is 5.06 Å². The minimum atomic E-state index is -0.901. The number of amidine groups is 1. The molecule has 0 saturated heterocycles. The van der Waals surface area contributed by atoms with Crippen molar-refractivity contribution in [3.63, 3.8) is 0 Å². The lowest BCUT2D eigenvalue weighted by molar-refractivity contribution is -0.539. The van der Waals surface area contributed by atoms with Crippen LogP contribution < -0.4 is 0 Å². The summed E-state index contributed by atoms with van der Waals surface area (Å²) in [5, 5.41) is 36.8. The molecule has 0 atom stereocenters. The second kappa shape index (κ2) is 6.46. The summed E-state index contributed by atoms with van der Waals surface area (Å²) in [5.74, 6) is 0.00973. The molecule has 3 rings (SSSR count). The van der Waals surface area contributed by atoms with Crippen LogP contribution in [0.2, 0.25) is 0 Å². The molecule has 6 nitrogen and oxygen atoms in total. The van der Waals surface area contributed by atoms with Gasteiger partial charge in [-0.15, -0.1) is 0 Å². The Labute approximate surface area is 172 Å². The first kappa shape index (κ1) is 21.1. The minimum absolute atomic E-state index is 0.0579. The van der Waals surface area contributed by atoms with E-state index in [1.165, 1.54) is 6.08 Å². The fraction of sp³-hybridized carbons (Fsp3) is 0.435. The van der Waals surface area contributed by atoms with E-state index in [-0.39, 0.29) is 17.4 Å². The van der Waals surface area contributed by atoms with Crippen LogP contribution >= 0.6 is 0 Å². The van der Waals surface area contributed by atoms with Gasteiger partial charge in [0.05, 0.1) is 11.5 Å². The van der Waals surface area contributed by atoms with Gasteiger partial charge >= 0.3 is 5.84 Å². The average Bonchev–Trinajstić information content (AvgIpc) is 2.73. The summed E-state index contributed by atoms with van der Waals surface area (Å²) in [7, 11) is 0. The minimum Gasteiger partial charge on any atom is -0.714 e. The van der Waals surface area contributed by atoms with Crippen LogP contribution in [0.3, 0.4) is 0 Å². The molecule has 6 heteroatoms. The quantitative estimate of drug-likeness (QED) is 0.603. The van der Waals surface area contributed by atoms with Gasteiger partial charge in [0.1, 0.15) is 5.54 Å². The van der Waals surface area contributed by atoms with Crippen LogP contribution in [0.15, 0.2) is 47.7 Å². The molecule has 2 aliphatic rings. The van der Waals surface area contributed by atoms with Gasteiger partial charge in [0.25, 0.3) is 0 Å². The number of benzene rings is 1. The predicted octanol–water partition coefficient (Wildman–Crippen LogP) is 4.08. The van der Waals surface area contributed by atoms with Gasteiger partial charge in [0.2, 0.25) is 5.78 Å². The van der Waals surface area contributed by atoms with Crippen molar-refractivity contribution < 1.29 is 19.8 Å². The second-order valence-electron chi connectivity index (χ2n) is 9.73. The van der Waals surface area contributed by atoms with E-state index in [4.69, 9.17) is 0 Å². The largest absolute Gasteiger partial charge is 0.714 e. The number of rotatable bonds is 2. The van der Waals surface area contributed by atoms with E-state index in [2.05, 4.69) is 0 Å². The molecule has 0 fully saturated rings. The Kier molecular flexibility index (Phi) is 4.70. The smallest absolute Gasteiger partial charge is 0.316 e. The standard InChI is InChI=1S/C23H28N2O4/c1-21(2,3)17-12-16(13-18(26)19(17)27)14-9-8-10-15(11-14)20-24(28)22(4,5)23(6,7)25(20)29/h8-13,26H,1-7H3. The van der Waals surface area contributed by atoms with Gasteiger partial charge in [0, 0.05) is 10.8 Å².